The zero-order valence-electron chi connectivity index (χ0n) is 12.8. The van der Waals surface area contributed by atoms with Gasteiger partial charge in [-0.2, -0.15) is 5.10 Å². The number of aromatic nitrogens is 3. The van der Waals surface area contributed by atoms with Crippen LogP contribution in [0.15, 0.2) is 29.3 Å². The third-order valence-corrected chi connectivity index (χ3v) is 4.27. The molecule has 1 fully saturated rings. The fraction of sp³-hybridized carbons (Fsp3) is 0.400. The van der Waals surface area contributed by atoms with Crippen LogP contribution < -0.4 is 15.2 Å². The second-order valence-electron chi connectivity index (χ2n) is 5.37. The van der Waals surface area contributed by atoms with Crippen molar-refractivity contribution in [2.75, 3.05) is 38.2 Å². The molecule has 0 aromatic carbocycles. The summed E-state index contributed by atoms with van der Waals surface area (Å²) in [5.74, 6) is 0.627. The number of anilines is 1. The summed E-state index contributed by atoms with van der Waals surface area (Å²) in [6, 6.07) is 3.94. The smallest absolute Gasteiger partial charge is 0.285 e. The van der Waals surface area contributed by atoms with Crippen LogP contribution in [0.2, 0.25) is 5.02 Å². The van der Waals surface area contributed by atoms with Crippen LogP contribution in [-0.2, 0) is 6.54 Å². The van der Waals surface area contributed by atoms with Gasteiger partial charge in [0.25, 0.3) is 5.56 Å². The Balaban J connectivity index is 1.62. The number of pyridine rings is 1. The minimum absolute atomic E-state index is 0.201. The van der Waals surface area contributed by atoms with Crippen LogP contribution in [0, 0.1) is 0 Å². The number of aromatic amines is 1. The van der Waals surface area contributed by atoms with E-state index in [0.717, 1.165) is 32.7 Å². The molecule has 2 aromatic heterocycles. The Kier molecular flexibility index (Phi) is 4.78. The molecular weight excluding hydrogens is 318 g/mol. The first-order chi connectivity index (χ1) is 11.2. The van der Waals surface area contributed by atoms with Crippen molar-refractivity contribution in [2.45, 2.75) is 6.54 Å². The van der Waals surface area contributed by atoms with Crippen molar-refractivity contribution in [3.05, 3.63) is 45.5 Å². The van der Waals surface area contributed by atoms with E-state index in [1.165, 1.54) is 5.56 Å². The molecule has 23 heavy (non-hydrogen) atoms. The number of hydrogen-bond donors (Lipinski definition) is 1. The number of piperazine rings is 1. The van der Waals surface area contributed by atoms with Crippen molar-refractivity contribution in [3.8, 4) is 5.88 Å². The fourth-order valence-electron chi connectivity index (χ4n) is 2.66. The second-order valence-corrected chi connectivity index (χ2v) is 5.75. The van der Waals surface area contributed by atoms with Crippen LogP contribution in [0.4, 0.5) is 5.69 Å². The number of nitrogens with zero attached hydrogens (tertiary/aromatic N) is 4. The predicted octanol–water partition coefficient (Wildman–Crippen LogP) is 1.15. The Bertz CT molecular complexity index is 728. The molecule has 0 bridgehead atoms. The molecule has 0 unspecified atom stereocenters. The number of H-pyrrole nitrogens is 1. The van der Waals surface area contributed by atoms with Crippen LogP contribution in [0.5, 0.6) is 5.88 Å². The maximum Gasteiger partial charge on any atom is 0.285 e. The van der Waals surface area contributed by atoms with E-state index in [-0.39, 0.29) is 10.6 Å². The molecule has 7 nitrogen and oxygen atoms in total. The molecule has 3 heterocycles. The molecular formula is C15H18ClN5O2. The van der Waals surface area contributed by atoms with Gasteiger partial charge in [-0.15, -0.1) is 0 Å². The highest BCUT2D eigenvalue weighted by Crippen LogP contribution is 2.22. The standard InChI is InChI=1S/C15H18ClN5O2/c1-23-13-8-11(2-3-17-13)10-20-4-6-21(7-5-20)12-9-18-19-15(22)14(12)16/h2-3,8-9H,4-7,10H2,1H3,(H,19,22). The highest BCUT2D eigenvalue weighted by atomic mass is 35.5. The third kappa shape index (κ3) is 3.62. The van der Waals surface area contributed by atoms with E-state index in [1.54, 1.807) is 19.5 Å². The van der Waals surface area contributed by atoms with Gasteiger partial charge in [-0.05, 0) is 11.6 Å². The van der Waals surface area contributed by atoms with Crippen molar-refractivity contribution < 1.29 is 4.74 Å². The highest BCUT2D eigenvalue weighted by molar-refractivity contribution is 6.32. The largest absolute Gasteiger partial charge is 0.481 e. The molecule has 0 saturated carbocycles. The van der Waals surface area contributed by atoms with Gasteiger partial charge >= 0.3 is 0 Å². The van der Waals surface area contributed by atoms with Gasteiger partial charge in [0.1, 0.15) is 5.02 Å². The topological polar surface area (TPSA) is 74.3 Å². The average molecular weight is 336 g/mol. The molecule has 122 valence electrons. The lowest BCUT2D eigenvalue weighted by atomic mass is 10.2. The van der Waals surface area contributed by atoms with Gasteiger partial charge in [0.2, 0.25) is 5.88 Å². The van der Waals surface area contributed by atoms with Gasteiger partial charge in [0.15, 0.2) is 0 Å². The van der Waals surface area contributed by atoms with Crippen LogP contribution in [0.1, 0.15) is 5.56 Å². The van der Waals surface area contributed by atoms with Gasteiger partial charge in [-0.3, -0.25) is 9.69 Å². The molecule has 1 aliphatic heterocycles. The summed E-state index contributed by atoms with van der Waals surface area (Å²) >= 11 is 6.07. The molecule has 3 rings (SSSR count). The number of ether oxygens (including phenoxy) is 1. The Morgan fingerprint density at radius 2 is 2.13 bits per heavy atom. The van der Waals surface area contributed by atoms with Crippen molar-refractivity contribution in [1.82, 2.24) is 20.1 Å². The molecule has 0 spiro atoms. The average Bonchev–Trinajstić information content (AvgIpc) is 2.58. The summed E-state index contributed by atoms with van der Waals surface area (Å²) in [5, 5.41) is 6.37. The fourth-order valence-corrected chi connectivity index (χ4v) is 2.87. The number of rotatable bonds is 4. The van der Waals surface area contributed by atoms with Gasteiger partial charge in [0.05, 0.1) is 19.0 Å². The molecule has 0 aliphatic carbocycles. The third-order valence-electron chi connectivity index (χ3n) is 3.90. The first kappa shape index (κ1) is 15.8. The lowest BCUT2D eigenvalue weighted by molar-refractivity contribution is 0.249. The molecule has 0 atom stereocenters. The van der Waals surface area contributed by atoms with E-state index in [9.17, 15) is 4.79 Å². The summed E-state index contributed by atoms with van der Waals surface area (Å²) in [5.41, 5.74) is 1.51. The van der Waals surface area contributed by atoms with Crippen LogP contribution in [-0.4, -0.2) is 53.4 Å². The maximum atomic E-state index is 11.5. The minimum Gasteiger partial charge on any atom is -0.481 e. The number of hydrogen-bond acceptors (Lipinski definition) is 6. The highest BCUT2D eigenvalue weighted by Gasteiger charge is 2.20. The zero-order chi connectivity index (χ0) is 16.2. The minimum atomic E-state index is -0.351. The lowest BCUT2D eigenvalue weighted by Crippen LogP contribution is -2.46. The predicted molar refractivity (Wildman–Crippen MR) is 88.1 cm³/mol. The Hall–Kier alpha value is -2.12. The summed E-state index contributed by atoms with van der Waals surface area (Å²) < 4.78 is 5.15. The van der Waals surface area contributed by atoms with Crippen molar-refractivity contribution in [3.63, 3.8) is 0 Å². The van der Waals surface area contributed by atoms with Crippen LogP contribution in [0.3, 0.4) is 0 Å². The molecule has 0 radical (unpaired) electrons. The molecule has 0 amide bonds. The van der Waals surface area contributed by atoms with E-state index in [2.05, 4.69) is 25.0 Å². The number of nitrogens with one attached hydrogen (secondary N) is 1. The van der Waals surface area contributed by atoms with Gasteiger partial charge in [-0.25, -0.2) is 10.1 Å². The van der Waals surface area contributed by atoms with Gasteiger partial charge < -0.3 is 9.64 Å². The molecule has 1 N–H and O–H groups in total. The van der Waals surface area contributed by atoms with Crippen LogP contribution >= 0.6 is 11.6 Å². The van der Waals surface area contributed by atoms with E-state index < -0.39 is 0 Å². The van der Waals surface area contributed by atoms with E-state index in [1.807, 2.05) is 12.1 Å². The zero-order valence-corrected chi connectivity index (χ0v) is 13.6. The SMILES string of the molecule is COc1cc(CN2CCN(c3cn[nH]c(=O)c3Cl)CC2)ccn1. The first-order valence-corrected chi connectivity index (χ1v) is 7.74. The molecule has 1 aliphatic rings. The van der Waals surface area contributed by atoms with Crippen molar-refractivity contribution >= 4 is 17.3 Å². The summed E-state index contributed by atoms with van der Waals surface area (Å²) in [6.07, 6.45) is 3.36. The van der Waals surface area contributed by atoms with Crippen molar-refractivity contribution in [1.29, 1.82) is 0 Å². The monoisotopic (exact) mass is 335 g/mol. The normalized spacial score (nSPS) is 15.7. The number of methoxy groups -OCH3 is 1. The van der Waals surface area contributed by atoms with E-state index in [4.69, 9.17) is 16.3 Å². The first-order valence-electron chi connectivity index (χ1n) is 7.37. The summed E-state index contributed by atoms with van der Waals surface area (Å²) in [6.45, 7) is 4.20. The van der Waals surface area contributed by atoms with E-state index >= 15 is 0 Å². The molecule has 1 saturated heterocycles. The Morgan fingerprint density at radius 3 is 2.87 bits per heavy atom. The second kappa shape index (κ2) is 6.97. The quantitative estimate of drug-likeness (QED) is 0.903. The van der Waals surface area contributed by atoms with Crippen LogP contribution in [0.25, 0.3) is 0 Å². The summed E-state index contributed by atoms with van der Waals surface area (Å²) in [7, 11) is 1.62. The summed E-state index contributed by atoms with van der Waals surface area (Å²) in [4.78, 5) is 20.1. The molecule has 8 heteroatoms. The van der Waals surface area contributed by atoms with Gasteiger partial charge in [0, 0.05) is 45.0 Å². The lowest BCUT2D eigenvalue weighted by Gasteiger charge is -2.36. The van der Waals surface area contributed by atoms with Crippen molar-refractivity contribution in [2.24, 2.45) is 0 Å². The van der Waals surface area contributed by atoms with E-state index in [0.29, 0.717) is 11.6 Å². The number of halogens is 1. The maximum absolute atomic E-state index is 11.5. The van der Waals surface area contributed by atoms with Gasteiger partial charge in [-0.1, -0.05) is 11.6 Å². The Morgan fingerprint density at radius 1 is 1.35 bits per heavy atom. The Labute approximate surface area is 138 Å². The molecule has 2 aromatic rings.